The zero-order valence-electron chi connectivity index (χ0n) is 10.8. The van der Waals surface area contributed by atoms with Crippen molar-refractivity contribution in [3.8, 4) is 6.07 Å². The first-order chi connectivity index (χ1) is 8.84. The Morgan fingerprint density at radius 2 is 2.00 bits per heavy atom. The topological polar surface area (TPSA) is 27.0 Å². The third-order valence-corrected chi connectivity index (χ3v) is 4.49. The second kappa shape index (κ2) is 4.74. The van der Waals surface area contributed by atoms with E-state index >= 15 is 0 Å². The van der Waals surface area contributed by atoms with Crippen LogP contribution in [0.4, 0.5) is 0 Å². The van der Waals surface area contributed by atoms with Gasteiger partial charge in [0.1, 0.15) is 0 Å². The lowest BCUT2D eigenvalue weighted by Crippen LogP contribution is -2.44. The highest BCUT2D eigenvalue weighted by Crippen LogP contribution is 2.52. The summed E-state index contributed by atoms with van der Waals surface area (Å²) in [6, 6.07) is 13.7. The lowest BCUT2D eigenvalue weighted by atomic mass is 9.88. The van der Waals surface area contributed by atoms with Crippen LogP contribution in [0.3, 0.4) is 0 Å². The van der Waals surface area contributed by atoms with Gasteiger partial charge in [-0.3, -0.25) is 4.90 Å². The highest BCUT2D eigenvalue weighted by molar-refractivity contribution is 5.19. The monoisotopic (exact) mass is 240 g/mol. The molecule has 2 nitrogen and oxygen atoms in total. The summed E-state index contributed by atoms with van der Waals surface area (Å²) >= 11 is 0. The Hall–Kier alpha value is -1.33. The average molecular weight is 240 g/mol. The molecule has 0 bridgehead atoms. The molecule has 1 aliphatic carbocycles. The van der Waals surface area contributed by atoms with Gasteiger partial charge in [0, 0.05) is 12.6 Å². The Morgan fingerprint density at radius 3 is 2.67 bits per heavy atom. The van der Waals surface area contributed by atoms with E-state index < -0.39 is 0 Å². The van der Waals surface area contributed by atoms with E-state index in [9.17, 15) is 5.26 Å². The number of nitriles is 1. The first kappa shape index (κ1) is 11.7. The van der Waals surface area contributed by atoms with Crippen LogP contribution in [0.5, 0.6) is 0 Å². The van der Waals surface area contributed by atoms with Crippen LogP contribution in [-0.2, 0) is 6.54 Å². The Morgan fingerprint density at radius 1 is 1.22 bits per heavy atom. The minimum atomic E-state index is -0.00476. The second-order valence-corrected chi connectivity index (χ2v) is 5.74. The normalized spacial score (nSPS) is 26.5. The van der Waals surface area contributed by atoms with Crippen molar-refractivity contribution in [1.29, 1.82) is 5.26 Å². The largest absolute Gasteiger partial charge is 0.295 e. The van der Waals surface area contributed by atoms with Crippen molar-refractivity contribution in [1.82, 2.24) is 4.90 Å². The molecule has 1 atom stereocenters. The van der Waals surface area contributed by atoms with E-state index in [1.807, 2.05) is 0 Å². The number of benzene rings is 1. The standard InChI is InChI=1S/C16H20N2/c17-13-16(9-10-16)15-8-4-5-11-18(15)12-14-6-2-1-3-7-14/h1-3,6-7,15H,4-5,8-12H2. The minimum absolute atomic E-state index is 0.00476. The van der Waals surface area contributed by atoms with E-state index in [1.165, 1.54) is 24.8 Å². The molecule has 18 heavy (non-hydrogen) atoms. The molecule has 3 rings (SSSR count). The predicted molar refractivity (Wildman–Crippen MR) is 71.8 cm³/mol. The van der Waals surface area contributed by atoms with Crippen molar-refractivity contribution in [3.05, 3.63) is 35.9 Å². The molecule has 2 fully saturated rings. The van der Waals surface area contributed by atoms with Gasteiger partial charge in [0.15, 0.2) is 0 Å². The van der Waals surface area contributed by atoms with E-state index in [0.717, 1.165) is 25.9 Å². The Labute approximate surface area is 109 Å². The molecule has 1 aliphatic heterocycles. The summed E-state index contributed by atoms with van der Waals surface area (Å²) in [5, 5.41) is 9.42. The van der Waals surface area contributed by atoms with Gasteiger partial charge in [0.2, 0.25) is 0 Å². The van der Waals surface area contributed by atoms with Crippen LogP contribution in [0, 0.1) is 16.7 Å². The number of piperidine rings is 1. The summed E-state index contributed by atoms with van der Waals surface area (Å²) in [5.41, 5.74) is 1.37. The first-order valence-corrected chi connectivity index (χ1v) is 7.03. The molecule has 1 aromatic rings. The molecule has 0 aromatic heterocycles. The van der Waals surface area contributed by atoms with E-state index in [1.54, 1.807) is 0 Å². The summed E-state index contributed by atoms with van der Waals surface area (Å²) in [6.45, 7) is 2.16. The summed E-state index contributed by atoms with van der Waals surface area (Å²) < 4.78 is 0. The summed E-state index contributed by atoms with van der Waals surface area (Å²) in [6.07, 6.45) is 6.00. The molecule has 1 unspecified atom stereocenters. The van der Waals surface area contributed by atoms with Crippen molar-refractivity contribution >= 4 is 0 Å². The number of hydrogen-bond acceptors (Lipinski definition) is 2. The van der Waals surface area contributed by atoms with Gasteiger partial charge >= 0.3 is 0 Å². The zero-order chi connectivity index (χ0) is 12.4. The second-order valence-electron chi connectivity index (χ2n) is 5.74. The highest BCUT2D eigenvalue weighted by atomic mass is 15.2. The third-order valence-electron chi connectivity index (χ3n) is 4.49. The maximum atomic E-state index is 9.42. The smallest absolute Gasteiger partial charge is 0.0730 e. The van der Waals surface area contributed by atoms with Crippen LogP contribution in [0.1, 0.15) is 37.7 Å². The highest BCUT2D eigenvalue weighted by Gasteiger charge is 2.52. The van der Waals surface area contributed by atoms with Gasteiger partial charge in [-0.15, -0.1) is 0 Å². The fourth-order valence-electron chi connectivity index (χ4n) is 3.28. The maximum absolute atomic E-state index is 9.42. The van der Waals surface area contributed by atoms with Gasteiger partial charge < -0.3 is 0 Å². The number of nitrogens with zero attached hydrogens (tertiary/aromatic N) is 2. The van der Waals surface area contributed by atoms with E-state index in [-0.39, 0.29) is 5.41 Å². The first-order valence-electron chi connectivity index (χ1n) is 7.03. The van der Waals surface area contributed by atoms with Crippen molar-refractivity contribution in [2.75, 3.05) is 6.54 Å². The number of hydrogen-bond donors (Lipinski definition) is 0. The third kappa shape index (κ3) is 2.15. The predicted octanol–water partition coefficient (Wildman–Crippen LogP) is 3.34. The van der Waals surface area contributed by atoms with Crippen LogP contribution in [0.15, 0.2) is 30.3 Å². The molecule has 1 saturated heterocycles. The average Bonchev–Trinajstić information content (AvgIpc) is 3.22. The van der Waals surface area contributed by atoms with Gasteiger partial charge in [0.25, 0.3) is 0 Å². The molecule has 0 radical (unpaired) electrons. The number of likely N-dealkylation sites (tertiary alicyclic amines) is 1. The van der Waals surface area contributed by atoms with Crippen LogP contribution in [0.25, 0.3) is 0 Å². The molecule has 0 N–H and O–H groups in total. The molecule has 1 heterocycles. The molecule has 94 valence electrons. The Bertz CT molecular complexity index is 442. The zero-order valence-corrected chi connectivity index (χ0v) is 10.8. The van der Waals surface area contributed by atoms with Crippen molar-refractivity contribution in [2.45, 2.75) is 44.7 Å². The van der Waals surface area contributed by atoms with Gasteiger partial charge in [-0.25, -0.2) is 0 Å². The summed E-state index contributed by atoms with van der Waals surface area (Å²) in [5.74, 6) is 0. The quantitative estimate of drug-likeness (QED) is 0.810. The SMILES string of the molecule is N#CC1(C2CCCCN2Cc2ccccc2)CC1. The van der Waals surface area contributed by atoms with Gasteiger partial charge in [-0.2, -0.15) is 5.26 Å². The number of rotatable bonds is 3. The van der Waals surface area contributed by atoms with Gasteiger partial charge in [-0.05, 0) is 37.8 Å². The Kier molecular flexibility index (Phi) is 3.09. The minimum Gasteiger partial charge on any atom is -0.295 e. The fraction of sp³-hybridized carbons (Fsp3) is 0.562. The van der Waals surface area contributed by atoms with Crippen molar-refractivity contribution in [2.24, 2.45) is 5.41 Å². The molecular formula is C16H20N2. The summed E-state index contributed by atoms with van der Waals surface area (Å²) in [7, 11) is 0. The lowest BCUT2D eigenvalue weighted by Gasteiger charge is -2.38. The van der Waals surface area contributed by atoms with Crippen molar-refractivity contribution in [3.63, 3.8) is 0 Å². The molecule has 2 heteroatoms. The van der Waals surface area contributed by atoms with E-state index in [0.29, 0.717) is 6.04 Å². The molecule has 1 aromatic carbocycles. The molecule has 0 spiro atoms. The maximum Gasteiger partial charge on any atom is 0.0730 e. The van der Waals surface area contributed by atoms with Crippen LogP contribution in [-0.4, -0.2) is 17.5 Å². The lowest BCUT2D eigenvalue weighted by molar-refractivity contribution is 0.101. The van der Waals surface area contributed by atoms with Crippen LogP contribution in [0.2, 0.25) is 0 Å². The van der Waals surface area contributed by atoms with E-state index in [2.05, 4.69) is 41.3 Å². The van der Waals surface area contributed by atoms with Gasteiger partial charge in [-0.1, -0.05) is 36.8 Å². The molecule has 0 amide bonds. The van der Waals surface area contributed by atoms with Gasteiger partial charge in [0.05, 0.1) is 11.5 Å². The van der Waals surface area contributed by atoms with Crippen LogP contribution < -0.4 is 0 Å². The molecular weight excluding hydrogens is 220 g/mol. The molecule has 1 saturated carbocycles. The van der Waals surface area contributed by atoms with Crippen LogP contribution >= 0.6 is 0 Å². The van der Waals surface area contributed by atoms with Crippen molar-refractivity contribution < 1.29 is 0 Å². The van der Waals surface area contributed by atoms with E-state index in [4.69, 9.17) is 0 Å². The Balaban J connectivity index is 1.75. The summed E-state index contributed by atoms with van der Waals surface area (Å²) in [4.78, 5) is 2.55. The molecule has 2 aliphatic rings. The fourth-order valence-corrected chi connectivity index (χ4v) is 3.28.